The monoisotopic (exact) mass is 308 g/mol. The summed E-state index contributed by atoms with van der Waals surface area (Å²) in [6.45, 7) is 3.71. The summed E-state index contributed by atoms with van der Waals surface area (Å²) in [6, 6.07) is 7.12. The highest BCUT2D eigenvalue weighted by Crippen LogP contribution is 2.31. The summed E-state index contributed by atoms with van der Waals surface area (Å²) in [5, 5.41) is 13.9. The van der Waals surface area contributed by atoms with Crippen LogP contribution < -0.4 is 0 Å². The highest BCUT2D eigenvalue weighted by atomic mass is 35.5. The molecule has 6 heteroatoms. The molecule has 1 heterocycles. The van der Waals surface area contributed by atoms with Gasteiger partial charge in [-0.05, 0) is 25.0 Å². The Balaban J connectivity index is 2.26. The first-order valence-corrected chi connectivity index (χ1v) is 7.20. The molecule has 0 spiro atoms. The Bertz CT molecular complexity index is 635. The van der Waals surface area contributed by atoms with Crippen LogP contribution in [0.25, 0.3) is 11.4 Å². The van der Waals surface area contributed by atoms with E-state index in [1.165, 1.54) is 0 Å². The van der Waals surface area contributed by atoms with Crippen molar-refractivity contribution in [1.29, 1.82) is 0 Å². The minimum Gasteiger partial charge on any atom is -0.481 e. The molecule has 0 aliphatic heterocycles. The summed E-state index contributed by atoms with van der Waals surface area (Å²) in [5.74, 6) is -0.0925. The number of aromatic nitrogens is 2. The Morgan fingerprint density at radius 1 is 1.38 bits per heavy atom. The number of hydrogen-bond donors (Lipinski definition) is 1. The van der Waals surface area contributed by atoms with Gasteiger partial charge < -0.3 is 9.63 Å². The van der Waals surface area contributed by atoms with E-state index in [9.17, 15) is 9.90 Å². The van der Waals surface area contributed by atoms with Crippen LogP contribution in [0.4, 0.5) is 0 Å². The number of hydrogen-bond acceptors (Lipinski definition) is 4. The van der Waals surface area contributed by atoms with Crippen molar-refractivity contribution in [2.45, 2.75) is 33.1 Å². The number of nitrogens with zero attached hydrogens (tertiary/aromatic N) is 2. The summed E-state index contributed by atoms with van der Waals surface area (Å²) in [6.07, 6.45) is 1.24. The van der Waals surface area contributed by atoms with Crippen LogP contribution in [0.5, 0.6) is 0 Å². The molecule has 2 rings (SSSR count). The molecule has 1 aromatic heterocycles. The van der Waals surface area contributed by atoms with Gasteiger partial charge in [-0.2, -0.15) is 4.98 Å². The van der Waals surface area contributed by atoms with Crippen molar-refractivity contribution in [3.05, 3.63) is 35.2 Å². The molecule has 0 aliphatic rings. The van der Waals surface area contributed by atoms with Crippen LogP contribution in [0.15, 0.2) is 28.8 Å². The molecule has 0 aliphatic carbocycles. The largest absolute Gasteiger partial charge is 0.481 e. The van der Waals surface area contributed by atoms with Gasteiger partial charge >= 0.3 is 5.97 Å². The van der Waals surface area contributed by atoms with E-state index in [0.717, 1.165) is 5.56 Å². The minimum absolute atomic E-state index is 0.225. The molecule has 21 heavy (non-hydrogen) atoms. The maximum atomic E-state index is 11.5. The molecule has 0 fully saturated rings. The van der Waals surface area contributed by atoms with E-state index < -0.39 is 11.4 Å². The van der Waals surface area contributed by atoms with Gasteiger partial charge in [0.2, 0.25) is 11.7 Å². The lowest BCUT2D eigenvalue weighted by Crippen LogP contribution is -2.32. The molecule has 0 unspecified atom stereocenters. The van der Waals surface area contributed by atoms with Gasteiger partial charge in [-0.3, -0.25) is 4.79 Å². The van der Waals surface area contributed by atoms with E-state index in [4.69, 9.17) is 16.1 Å². The third-order valence-corrected chi connectivity index (χ3v) is 4.08. The Labute approximate surface area is 127 Å². The van der Waals surface area contributed by atoms with Crippen LogP contribution in [0.1, 0.15) is 32.6 Å². The standard InChI is InChI=1S/C15H17ClN2O3/c1-3-15(4-2,14(19)20)9-12-17-13(18-21-12)10-6-5-7-11(16)8-10/h5-8H,3-4,9H2,1-2H3,(H,19,20). The average Bonchev–Trinajstić information content (AvgIpc) is 2.93. The lowest BCUT2D eigenvalue weighted by molar-refractivity contribution is -0.149. The molecule has 0 atom stereocenters. The van der Waals surface area contributed by atoms with Gasteiger partial charge in [0.1, 0.15) is 0 Å². The highest BCUT2D eigenvalue weighted by molar-refractivity contribution is 6.30. The molecule has 2 aromatic rings. The van der Waals surface area contributed by atoms with Crippen LogP contribution in [0.3, 0.4) is 0 Å². The Kier molecular flexibility index (Phi) is 4.63. The topological polar surface area (TPSA) is 76.2 Å². The number of halogens is 1. The zero-order chi connectivity index (χ0) is 15.5. The van der Waals surface area contributed by atoms with Crippen molar-refractivity contribution < 1.29 is 14.4 Å². The molecule has 0 saturated carbocycles. The maximum absolute atomic E-state index is 11.5. The van der Waals surface area contributed by atoms with E-state index in [1.807, 2.05) is 19.9 Å². The van der Waals surface area contributed by atoms with Gasteiger partial charge in [-0.1, -0.05) is 42.7 Å². The maximum Gasteiger partial charge on any atom is 0.310 e. The zero-order valence-electron chi connectivity index (χ0n) is 12.0. The van der Waals surface area contributed by atoms with Gasteiger partial charge in [0.05, 0.1) is 5.41 Å². The number of carboxylic acid groups (broad SMARTS) is 1. The Hall–Kier alpha value is -1.88. The van der Waals surface area contributed by atoms with E-state index in [-0.39, 0.29) is 6.42 Å². The summed E-state index contributed by atoms with van der Waals surface area (Å²) in [5.41, 5.74) is -0.121. The number of carbonyl (C=O) groups is 1. The van der Waals surface area contributed by atoms with E-state index in [1.54, 1.807) is 18.2 Å². The quantitative estimate of drug-likeness (QED) is 0.877. The predicted octanol–water partition coefficient (Wildman–Crippen LogP) is 3.82. The second-order valence-corrected chi connectivity index (χ2v) is 5.43. The van der Waals surface area contributed by atoms with Crippen LogP contribution in [-0.4, -0.2) is 21.2 Å². The molecule has 5 nitrogen and oxygen atoms in total. The summed E-state index contributed by atoms with van der Waals surface area (Å²) >= 11 is 5.93. The second-order valence-electron chi connectivity index (χ2n) is 4.99. The summed E-state index contributed by atoms with van der Waals surface area (Å²) < 4.78 is 5.20. The van der Waals surface area contributed by atoms with Crippen molar-refractivity contribution in [2.24, 2.45) is 5.41 Å². The number of aliphatic carboxylic acids is 1. The predicted molar refractivity (Wildman–Crippen MR) is 79.1 cm³/mol. The molecule has 0 radical (unpaired) electrons. The van der Waals surface area contributed by atoms with E-state index >= 15 is 0 Å². The SMILES string of the molecule is CCC(CC)(Cc1nc(-c2cccc(Cl)c2)no1)C(=O)O. The first-order valence-electron chi connectivity index (χ1n) is 6.82. The minimum atomic E-state index is -0.863. The Morgan fingerprint density at radius 2 is 2.10 bits per heavy atom. The first-order chi connectivity index (χ1) is 10.0. The normalized spacial score (nSPS) is 11.6. The van der Waals surface area contributed by atoms with Crippen LogP contribution in [-0.2, 0) is 11.2 Å². The third-order valence-electron chi connectivity index (χ3n) is 3.85. The lowest BCUT2D eigenvalue weighted by Gasteiger charge is -2.24. The third kappa shape index (κ3) is 3.24. The molecule has 112 valence electrons. The van der Waals surface area contributed by atoms with Gasteiger partial charge in [-0.25, -0.2) is 0 Å². The fourth-order valence-corrected chi connectivity index (χ4v) is 2.43. The van der Waals surface area contributed by atoms with Crippen molar-refractivity contribution in [3.8, 4) is 11.4 Å². The molecule has 0 bridgehead atoms. The number of rotatable bonds is 6. The first kappa shape index (κ1) is 15.5. The van der Waals surface area contributed by atoms with E-state index in [0.29, 0.717) is 29.6 Å². The second kappa shape index (κ2) is 6.26. The summed E-state index contributed by atoms with van der Waals surface area (Å²) in [4.78, 5) is 15.8. The molecule has 1 aromatic carbocycles. The fraction of sp³-hybridized carbons (Fsp3) is 0.400. The van der Waals surface area contributed by atoms with Gasteiger partial charge in [0.25, 0.3) is 0 Å². The van der Waals surface area contributed by atoms with Crippen LogP contribution in [0.2, 0.25) is 5.02 Å². The molecular weight excluding hydrogens is 292 g/mol. The van der Waals surface area contributed by atoms with Crippen molar-refractivity contribution in [1.82, 2.24) is 10.1 Å². The lowest BCUT2D eigenvalue weighted by atomic mass is 9.79. The highest BCUT2D eigenvalue weighted by Gasteiger charge is 2.37. The Morgan fingerprint density at radius 3 is 2.67 bits per heavy atom. The molecule has 0 saturated heterocycles. The van der Waals surface area contributed by atoms with Crippen LogP contribution in [0, 0.1) is 5.41 Å². The van der Waals surface area contributed by atoms with Crippen LogP contribution >= 0.6 is 11.6 Å². The van der Waals surface area contributed by atoms with Gasteiger partial charge in [-0.15, -0.1) is 0 Å². The van der Waals surface area contributed by atoms with Crippen molar-refractivity contribution in [2.75, 3.05) is 0 Å². The smallest absolute Gasteiger partial charge is 0.310 e. The van der Waals surface area contributed by atoms with Gasteiger partial charge in [0, 0.05) is 17.0 Å². The van der Waals surface area contributed by atoms with Crippen molar-refractivity contribution in [3.63, 3.8) is 0 Å². The fourth-order valence-electron chi connectivity index (χ4n) is 2.24. The van der Waals surface area contributed by atoms with Crippen molar-refractivity contribution >= 4 is 17.6 Å². The average molecular weight is 309 g/mol. The van der Waals surface area contributed by atoms with E-state index in [2.05, 4.69) is 10.1 Å². The zero-order valence-corrected chi connectivity index (χ0v) is 12.7. The van der Waals surface area contributed by atoms with Gasteiger partial charge in [0.15, 0.2) is 0 Å². The number of carboxylic acids is 1. The molecule has 1 N–H and O–H groups in total. The molecule has 0 amide bonds. The molecular formula is C15H17ClN2O3. The summed E-state index contributed by atoms with van der Waals surface area (Å²) in [7, 11) is 0. The number of benzene rings is 1.